The predicted molar refractivity (Wildman–Crippen MR) is 32.5 cm³/mol. The van der Waals surface area contributed by atoms with E-state index in [-0.39, 0.29) is 14.7 Å². The molecule has 2 heteroatoms. The molecule has 0 aliphatic heterocycles. The zero-order valence-corrected chi connectivity index (χ0v) is 9.41. The van der Waals surface area contributed by atoms with Crippen molar-refractivity contribution in [2.24, 2.45) is 0 Å². The second-order valence-electron chi connectivity index (χ2n) is 1.49. The molecular weight excluding hydrogens is 193 g/mol. The molecule has 0 aliphatic carbocycles. The van der Waals surface area contributed by atoms with E-state index in [1.807, 2.05) is 0 Å². The average molecular weight is 203 g/mol. The van der Waals surface area contributed by atoms with Crippen molar-refractivity contribution < 1.29 is 0 Å². The fourth-order valence-corrected chi connectivity index (χ4v) is 1.50. The van der Waals surface area contributed by atoms with E-state index in [9.17, 15) is 0 Å². The Balaban J connectivity index is 2.75. The Morgan fingerprint density at radius 1 is 1.33 bits per heavy atom. The van der Waals surface area contributed by atoms with E-state index in [1.54, 1.807) is 32.0 Å². The molecule has 32 valence electrons. The van der Waals surface area contributed by atoms with Crippen LogP contribution in [0.1, 0.15) is 13.8 Å². The van der Waals surface area contributed by atoms with Gasteiger partial charge in [0.2, 0.25) is 0 Å². The molecule has 0 aromatic rings. The van der Waals surface area contributed by atoms with Crippen LogP contribution in [0.15, 0.2) is 0 Å². The van der Waals surface area contributed by atoms with E-state index in [4.69, 9.17) is 0 Å². The van der Waals surface area contributed by atoms with Crippen LogP contribution in [-0.4, -0.2) is 38.0 Å². The first-order valence-electron chi connectivity index (χ1n) is 2.49. The van der Waals surface area contributed by atoms with Crippen LogP contribution in [-0.2, 0) is 0 Å². The first-order chi connectivity index (χ1) is 2.81. The minimum absolute atomic E-state index is 0.372. The van der Waals surface area contributed by atoms with Gasteiger partial charge in [0.25, 0.3) is 0 Å². The van der Waals surface area contributed by atoms with Crippen LogP contribution in [0.4, 0.5) is 0 Å². The van der Waals surface area contributed by atoms with Crippen LogP contribution in [0, 0.1) is 0 Å². The van der Waals surface area contributed by atoms with Gasteiger partial charge in [0.05, 0.1) is 0 Å². The van der Waals surface area contributed by atoms with E-state index in [0.717, 1.165) is 0 Å². The fourth-order valence-electron chi connectivity index (χ4n) is 0.224. The molecule has 0 spiro atoms. The van der Waals surface area contributed by atoms with E-state index in [1.165, 1.54) is 0 Å². The van der Waals surface area contributed by atoms with Crippen LogP contribution in [0.25, 0.3) is 0 Å². The van der Waals surface area contributed by atoms with E-state index >= 15 is 0 Å². The van der Waals surface area contributed by atoms with Crippen LogP contribution in [0.5, 0.6) is 0 Å². The van der Waals surface area contributed by atoms with Crippen molar-refractivity contribution in [1.82, 2.24) is 0 Å². The summed E-state index contributed by atoms with van der Waals surface area (Å²) in [5.74, 6) is 0. The molecule has 0 heterocycles. The van der Waals surface area contributed by atoms with Gasteiger partial charge in [-0.15, -0.1) is 0 Å². The zero-order valence-electron chi connectivity index (χ0n) is 4.86. The predicted octanol–water partition coefficient (Wildman–Crippen LogP) is 1.19. The van der Waals surface area contributed by atoms with Gasteiger partial charge in [-0.25, -0.2) is 0 Å². The standard InChI is InChI=1S/2C2H5.Na.Sb/c2*1-2;;/h2*1H2,2H3;;. The molecule has 0 aliphatic rings. The van der Waals surface area contributed by atoms with E-state index < -0.39 is 0 Å². The van der Waals surface area contributed by atoms with Crippen molar-refractivity contribution in [1.29, 1.82) is 0 Å². The molecule has 0 atom stereocenters. The van der Waals surface area contributed by atoms with E-state index in [0.29, 0.717) is 0 Å². The topological polar surface area (TPSA) is 0 Å². The molecule has 0 rings (SSSR count). The molecule has 0 bridgehead atoms. The molecule has 0 unspecified atom stereocenters. The van der Waals surface area contributed by atoms with Crippen molar-refractivity contribution in [2.45, 2.75) is 22.6 Å². The van der Waals surface area contributed by atoms with Gasteiger partial charge in [0, 0.05) is 0 Å². The minimum atomic E-state index is -0.372. The molecule has 6 heavy (non-hydrogen) atoms. The quantitative estimate of drug-likeness (QED) is 0.591. The molecule has 0 radical (unpaired) electrons. The Labute approximate surface area is 59.8 Å². The summed E-state index contributed by atoms with van der Waals surface area (Å²) in [6.45, 7) is 4.69. The summed E-state index contributed by atoms with van der Waals surface area (Å²) in [7, 11) is 0. The van der Waals surface area contributed by atoms with Gasteiger partial charge in [-0.05, 0) is 0 Å². The van der Waals surface area contributed by atoms with E-state index in [2.05, 4.69) is 13.8 Å². The summed E-state index contributed by atoms with van der Waals surface area (Å²) < 4.78 is 3.15. The molecule has 0 saturated carbocycles. The molecule has 0 fully saturated rings. The SMILES string of the molecule is C[CH2][Sb]([Na])[CH2]C. The summed E-state index contributed by atoms with van der Waals surface area (Å²) >= 11 is 1.20. The number of hydrogen-bond acceptors (Lipinski definition) is 0. The summed E-state index contributed by atoms with van der Waals surface area (Å²) in [4.78, 5) is 0. The molecule has 0 aromatic heterocycles. The second kappa shape index (κ2) is 4.96. The Bertz CT molecular complexity index is 26.7. The third-order valence-corrected chi connectivity index (χ3v) is 15.7. The molecule has 0 N–H and O–H groups in total. The summed E-state index contributed by atoms with van der Waals surface area (Å²) in [6, 6.07) is 0. The first kappa shape index (κ1) is 7.82. The maximum atomic E-state index is 2.35. The first-order valence-corrected chi connectivity index (χ1v) is 14.7. The van der Waals surface area contributed by atoms with Gasteiger partial charge in [0.1, 0.15) is 0 Å². The van der Waals surface area contributed by atoms with Crippen LogP contribution in [0.2, 0.25) is 8.73 Å². The van der Waals surface area contributed by atoms with Crippen LogP contribution in [0.3, 0.4) is 0 Å². The van der Waals surface area contributed by atoms with Gasteiger partial charge in [-0.3, -0.25) is 0 Å². The van der Waals surface area contributed by atoms with Gasteiger partial charge in [0.15, 0.2) is 0 Å². The van der Waals surface area contributed by atoms with Crippen molar-refractivity contribution in [3.05, 3.63) is 0 Å². The monoisotopic (exact) mass is 202 g/mol. The average Bonchev–Trinajstić information content (AvgIpc) is 1.65. The molecule has 0 aromatic carbocycles. The van der Waals surface area contributed by atoms with Crippen molar-refractivity contribution in [3.63, 3.8) is 0 Å². The maximum absolute atomic E-state index is 2.35. The van der Waals surface area contributed by atoms with Crippen LogP contribution >= 0.6 is 0 Å². The third-order valence-electron chi connectivity index (χ3n) is 1.08. The summed E-state index contributed by atoms with van der Waals surface area (Å²) in [5.41, 5.74) is 0. The Morgan fingerprint density at radius 2 is 1.67 bits per heavy atom. The third kappa shape index (κ3) is 3.99. The Morgan fingerprint density at radius 3 is 1.67 bits per heavy atom. The summed E-state index contributed by atoms with van der Waals surface area (Å²) in [5, 5.41) is 0. The number of hydrogen-bond donors (Lipinski definition) is 0. The fraction of sp³-hybridized carbons (Fsp3) is 1.00. The number of rotatable bonds is 2. The van der Waals surface area contributed by atoms with Gasteiger partial charge in [-0.1, -0.05) is 0 Å². The van der Waals surface area contributed by atoms with Crippen molar-refractivity contribution in [2.75, 3.05) is 0 Å². The normalized spacial score (nSPS) is 10.2. The molecular formula is C4H10NaSb. The molecule has 0 amide bonds. The van der Waals surface area contributed by atoms with Crippen molar-refractivity contribution >= 4 is 38.0 Å². The Hall–Kier alpha value is 1.82. The zero-order chi connectivity index (χ0) is 4.99. The molecule has 0 nitrogen and oxygen atoms in total. The molecule has 0 saturated heterocycles. The van der Waals surface area contributed by atoms with Gasteiger partial charge in [-0.2, -0.15) is 0 Å². The summed E-state index contributed by atoms with van der Waals surface area (Å²) in [6.07, 6.45) is 0. The van der Waals surface area contributed by atoms with Crippen LogP contribution < -0.4 is 0 Å². The Kier molecular flexibility index (Phi) is 6.47. The second-order valence-corrected chi connectivity index (χ2v) is 18.5. The van der Waals surface area contributed by atoms with Gasteiger partial charge >= 0.3 is 60.6 Å². The van der Waals surface area contributed by atoms with Gasteiger partial charge < -0.3 is 0 Å². The van der Waals surface area contributed by atoms with Crippen molar-refractivity contribution in [3.8, 4) is 0 Å².